The van der Waals surface area contributed by atoms with Gasteiger partial charge < -0.3 is 5.73 Å². The molecule has 1 fully saturated rings. The lowest BCUT2D eigenvalue weighted by atomic mass is 9.98. The van der Waals surface area contributed by atoms with Crippen molar-refractivity contribution < 1.29 is 13.2 Å². The molecular weight excluding hydrogens is 253 g/mol. The summed E-state index contributed by atoms with van der Waals surface area (Å²) in [6.45, 7) is 4.63. The monoisotopic (exact) mass is 272 g/mol. The summed E-state index contributed by atoms with van der Waals surface area (Å²) >= 11 is 0. The van der Waals surface area contributed by atoms with Crippen LogP contribution in [0.15, 0.2) is 18.2 Å². The average molecular weight is 272 g/mol. The highest BCUT2D eigenvalue weighted by Crippen LogP contribution is 2.31. The molecule has 0 aromatic heterocycles. The van der Waals surface area contributed by atoms with Crippen molar-refractivity contribution in [3.8, 4) is 0 Å². The molecule has 0 bridgehead atoms. The lowest BCUT2D eigenvalue weighted by Crippen LogP contribution is -2.32. The van der Waals surface area contributed by atoms with Crippen molar-refractivity contribution in [2.45, 2.75) is 32.5 Å². The SMILES string of the molecule is CC1CCN(Cc2cc(N)cc(C(F)(F)F)c2)CC1. The van der Waals surface area contributed by atoms with E-state index in [0.717, 1.165) is 32.0 Å². The van der Waals surface area contributed by atoms with Crippen LogP contribution in [0.1, 0.15) is 30.9 Å². The molecule has 2 nitrogen and oxygen atoms in total. The first-order chi connectivity index (χ1) is 8.84. The Balaban J connectivity index is 2.10. The van der Waals surface area contributed by atoms with Crippen LogP contribution in [-0.2, 0) is 12.7 Å². The highest BCUT2D eigenvalue weighted by atomic mass is 19.4. The molecule has 0 saturated carbocycles. The summed E-state index contributed by atoms with van der Waals surface area (Å²) in [7, 11) is 0. The Morgan fingerprint density at radius 3 is 2.42 bits per heavy atom. The van der Waals surface area contributed by atoms with Crippen LogP contribution in [0.3, 0.4) is 0 Å². The van der Waals surface area contributed by atoms with Crippen LogP contribution < -0.4 is 5.73 Å². The lowest BCUT2D eigenvalue weighted by Gasteiger charge is -2.30. The molecular formula is C14H19F3N2. The van der Waals surface area contributed by atoms with Crippen molar-refractivity contribution in [2.24, 2.45) is 5.92 Å². The van der Waals surface area contributed by atoms with Gasteiger partial charge in [0.05, 0.1) is 5.56 Å². The topological polar surface area (TPSA) is 29.3 Å². The second kappa shape index (κ2) is 5.41. The molecule has 2 rings (SSSR count). The lowest BCUT2D eigenvalue weighted by molar-refractivity contribution is -0.137. The van der Waals surface area contributed by atoms with Crippen molar-refractivity contribution >= 4 is 5.69 Å². The van der Waals surface area contributed by atoms with Crippen molar-refractivity contribution in [1.29, 1.82) is 0 Å². The van der Waals surface area contributed by atoms with E-state index in [4.69, 9.17) is 5.73 Å². The van der Waals surface area contributed by atoms with E-state index in [-0.39, 0.29) is 5.69 Å². The van der Waals surface area contributed by atoms with Gasteiger partial charge in [0.1, 0.15) is 0 Å². The Hall–Kier alpha value is -1.23. The van der Waals surface area contributed by atoms with Gasteiger partial charge in [-0.25, -0.2) is 0 Å². The second-order valence-electron chi connectivity index (χ2n) is 5.42. The third-order valence-electron chi connectivity index (χ3n) is 3.62. The highest BCUT2D eigenvalue weighted by Gasteiger charge is 2.31. The fourth-order valence-electron chi connectivity index (χ4n) is 2.45. The maximum absolute atomic E-state index is 12.7. The van der Waals surface area contributed by atoms with Gasteiger partial charge in [-0.15, -0.1) is 0 Å². The number of rotatable bonds is 2. The number of nitrogens with two attached hydrogens (primary N) is 1. The van der Waals surface area contributed by atoms with Crippen molar-refractivity contribution in [3.63, 3.8) is 0 Å². The fourth-order valence-corrected chi connectivity index (χ4v) is 2.45. The molecule has 1 aliphatic rings. The van der Waals surface area contributed by atoms with Crippen molar-refractivity contribution in [1.82, 2.24) is 4.90 Å². The summed E-state index contributed by atoms with van der Waals surface area (Å²) in [4.78, 5) is 2.19. The van der Waals surface area contributed by atoms with Crippen LogP contribution in [0.25, 0.3) is 0 Å². The zero-order chi connectivity index (χ0) is 14.0. The zero-order valence-electron chi connectivity index (χ0n) is 11.0. The van der Waals surface area contributed by atoms with E-state index in [2.05, 4.69) is 11.8 Å². The number of likely N-dealkylation sites (tertiary alicyclic amines) is 1. The first kappa shape index (κ1) is 14.2. The number of nitrogen functional groups attached to an aromatic ring is 1. The molecule has 1 aromatic rings. The number of anilines is 1. The van der Waals surface area contributed by atoms with Gasteiger partial charge in [0.2, 0.25) is 0 Å². The second-order valence-corrected chi connectivity index (χ2v) is 5.42. The van der Waals surface area contributed by atoms with Crippen LogP contribution in [0.2, 0.25) is 0 Å². The summed E-state index contributed by atoms with van der Waals surface area (Å²) in [5.41, 5.74) is 5.72. The van der Waals surface area contributed by atoms with E-state index in [1.165, 1.54) is 6.07 Å². The fraction of sp³-hybridized carbons (Fsp3) is 0.571. The van der Waals surface area contributed by atoms with Crippen LogP contribution in [0.4, 0.5) is 18.9 Å². The van der Waals surface area contributed by atoms with Crippen LogP contribution in [-0.4, -0.2) is 18.0 Å². The Morgan fingerprint density at radius 2 is 1.84 bits per heavy atom. The summed E-state index contributed by atoms with van der Waals surface area (Å²) in [5, 5.41) is 0. The first-order valence-corrected chi connectivity index (χ1v) is 6.53. The average Bonchev–Trinajstić information content (AvgIpc) is 2.30. The number of alkyl halides is 3. The molecule has 0 amide bonds. The molecule has 106 valence electrons. The first-order valence-electron chi connectivity index (χ1n) is 6.53. The molecule has 0 aliphatic carbocycles. The molecule has 1 heterocycles. The summed E-state index contributed by atoms with van der Waals surface area (Å²) in [6.07, 6.45) is -2.12. The van der Waals surface area contributed by atoms with Gasteiger partial charge in [-0.2, -0.15) is 13.2 Å². The number of benzene rings is 1. The maximum atomic E-state index is 12.7. The van der Waals surface area contributed by atoms with Crippen LogP contribution >= 0.6 is 0 Å². The Morgan fingerprint density at radius 1 is 1.21 bits per heavy atom. The molecule has 0 spiro atoms. The van der Waals surface area contributed by atoms with Gasteiger partial charge in [-0.1, -0.05) is 6.92 Å². The summed E-state index contributed by atoms with van der Waals surface area (Å²) in [6, 6.07) is 3.82. The largest absolute Gasteiger partial charge is 0.416 e. The summed E-state index contributed by atoms with van der Waals surface area (Å²) < 4.78 is 38.1. The third-order valence-corrected chi connectivity index (χ3v) is 3.62. The van der Waals surface area contributed by atoms with Gasteiger partial charge >= 0.3 is 6.18 Å². The Labute approximate surface area is 111 Å². The van der Waals surface area contributed by atoms with Gasteiger partial charge in [0.15, 0.2) is 0 Å². The minimum atomic E-state index is -4.33. The maximum Gasteiger partial charge on any atom is 0.416 e. The van der Waals surface area contributed by atoms with E-state index in [1.807, 2.05) is 0 Å². The predicted molar refractivity (Wildman–Crippen MR) is 69.5 cm³/mol. The molecule has 5 heteroatoms. The van der Waals surface area contributed by atoms with Crippen LogP contribution in [0.5, 0.6) is 0 Å². The quantitative estimate of drug-likeness (QED) is 0.835. The molecule has 0 radical (unpaired) electrons. The molecule has 2 N–H and O–H groups in total. The standard InChI is InChI=1S/C14H19F3N2/c1-10-2-4-19(5-3-10)9-11-6-12(14(15,16)17)8-13(18)7-11/h6-8,10H,2-5,9,18H2,1H3. The van der Waals surface area contributed by atoms with Gasteiger partial charge in [0.25, 0.3) is 0 Å². The Bertz CT molecular complexity index is 435. The molecule has 0 unspecified atom stereocenters. The van der Waals surface area contributed by atoms with Gasteiger partial charge in [-0.05, 0) is 55.6 Å². The number of hydrogen-bond donors (Lipinski definition) is 1. The molecule has 0 atom stereocenters. The van der Waals surface area contributed by atoms with E-state index >= 15 is 0 Å². The van der Waals surface area contributed by atoms with Crippen LogP contribution in [0, 0.1) is 5.92 Å². The number of piperidine rings is 1. The van der Waals surface area contributed by atoms with E-state index in [0.29, 0.717) is 18.0 Å². The number of nitrogens with zero attached hydrogens (tertiary/aromatic N) is 1. The molecule has 1 aromatic carbocycles. The normalized spacial score (nSPS) is 18.7. The molecule has 19 heavy (non-hydrogen) atoms. The van der Waals surface area contributed by atoms with Crippen molar-refractivity contribution in [2.75, 3.05) is 18.8 Å². The minimum absolute atomic E-state index is 0.176. The molecule has 1 aliphatic heterocycles. The number of halogens is 3. The third kappa shape index (κ3) is 3.86. The summed E-state index contributed by atoms with van der Waals surface area (Å²) in [5.74, 6) is 0.711. The number of hydrogen-bond acceptors (Lipinski definition) is 2. The predicted octanol–water partition coefficient (Wildman–Crippen LogP) is 3.52. The highest BCUT2D eigenvalue weighted by molar-refractivity contribution is 5.45. The van der Waals surface area contributed by atoms with Gasteiger partial charge in [-0.3, -0.25) is 4.90 Å². The van der Waals surface area contributed by atoms with Gasteiger partial charge in [0, 0.05) is 12.2 Å². The van der Waals surface area contributed by atoms with E-state index in [9.17, 15) is 13.2 Å². The smallest absolute Gasteiger partial charge is 0.399 e. The Kier molecular flexibility index (Phi) is 4.04. The van der Waals surface area contributed by atoms with Crippen molar-refractivity contribution in [3.05, 3.63) is 29.3 Å². The molecule has 1 saturated heterocycles. The minimum Gasteiger partial charge on any atom is -0.399 e. The van der Waals surface area contributed by atoms with E-state index in [1.54, 1.807) is 6.07 Å². The zero-order valence-corrected chi connectivity index (χ0v) is 11.0. The van der Waals surface area contributed by atoms with E-state index < -0.39 is 11.7 Å².